The van der Waals surface area contributed by atoms with Crippen molar-refractivity contribution < 1.29 is 0 Å². The zero-order chi connectivity index (χ0) is 19.7. The summed E-state index contributed by atoms with van der Waals surface area (Å²) in [7, 11) is 0. The van der Waals surface area contributed by atoms with E-state index in [1.165, 1.54) is 29.9 Å². The van der Waals surface area contributed by atoms with E-state index in [0.29, 0.717) is 0 Å². The van der Waals surface area contributed by atoms with Crippen LogP contribution >= 0.6 is 0 Å². The third-order valence-electron chi connectivity index (χ3n) is 13.5. The van der Waals surface area contributed by atoms with Crippen molar-refractivity contribution in [2.75, 3.05) is 0 Å². The van der Waals surface area contributed by atoms with E-state index in [0.717, 1.165) is 76.9 Å². The van der Waals surface area contributed by atoms with Crippen LogP contribution < -0.4 is 0 Å². The average Bonchev–Trinajstić information content (AvgIpc) is 3.25. The molecule has 0 aromatic rings. The topological polar surface area (TPSA) is 0 Å². The Kier molecular flexibility index (Phi) is 3.64. The minimum absolute atomic E-state index is 0.824. The summed E-state index contributed by atoms with van der Waals surface area (Å²) in [4.78, 5) is 0. The Morgan fingerprint density at radius 2 is 0.700 bits per heavy atom. The van der Waals surface area contributed by atoms with Crippen LogP contribution in [0.2, 0.25) is 0 Å². The molecule has 8 aliphatic carbocycles. The van der Waals surface area contributed by atoms with Crippen molar-refractivity contribution in [3.63, 3.8) is 0 Å². The third kappa shape index (κ3) is 1.99. The van der Waals surface area contributed by atoms with Gasteiger partial charge in [-0.05, 0) is 158 Å². The molecule has 10 unspecified atom stereocenters. The van der Waals surface area contributed by atoms with Gasteiger partial charge in [0.25, 0.3) is 0 Å². The van der Waals surface area contributed by atoms with Crippen LogP contribution in [0.1, 0.15) is 77.0 Å². The van der Waals surface area contributed by atoms with Gasteiger partial charge < -0.3 is 0 Å². The van der Waals surface area contributed by atoms with Gasteiger partial charge in [0, 0.05) is 0 Å². The van der Waals surface area contributed by atoms with Crippen LogP contribution in [-0.4, -0.2) is 0 Å². The normalized spacial score (nSPS) is 62.5. The lowest BCUT2D eigenvalue weighted by Crippen LogP contribution is -2.59. The number of allylic oxidation sites excluding steroid dienone is 2. The van der Waals surface area contributed by atoms with Gasteiger partial charge in [-0.25, -0.2) is 0 Å². The first-order valence-corrected chi connectivity index (χ1v) is 14.1. The fourth-order valence-electron chi connectivity index (χ4n) is 13.1. The fourth-order valence-corrected chi connectivity index (χ4v) is 13.1. The van der Waals surface area contributed by atoms with Crippen molar-refractivity contribution in [1.82, 2.24) is 0 Å². The average molecular weight is 403 g/mol. The van der Waals surface area contributed by atoms with E-state index >= 15 is 0 Å². The summed E-state index contributed by atoms with van der Waals surface area (Å²) in [5, 5.41) is 0. The predicted octanol–water partition coefficient (Wildman–Crippen LogP) is 7.52. The predicted molar refractivity (Wildman–Crippen MR) is 123 cm³/mol. The van der Waals surface area contributed by atoms with E-state index in [2.05, 4.69) is 13.2 Å². The minimum Gasteiger partial charge on any atom is -0.0953 e. The maximum atomic E-state index is 4.59. The van der Waals surface area contributed by atoms with Crippen LogP contribution in [0.15, 0.2) is 24.3 Å². The van der Waals surface area contributed by atoms with Gasteiger partial charge >= 0.3 is 0 Å². The number of fused-ring (bicyclic) bond motifs is 5. The summed E-state index contributed by atoms with van der Waals surface area (Å²) in [6.45, 7) is 9.18. The van der Waals surface area contributed by atoms with Crippen molar-refractivity contribution >= 4 is 0 Å². The zero-order valence-corrected chi connectivity index (χ0v) is 19.0. The molecule has 0 aromatic heterocycles. The molecule has 30 heavy (non-hydrogen) atoms. The molecule has 0 N–H and O–H groups in total. The molecule has 8 saturated carbocycles. The minimum atomic E-state index is 0.824. The van der Waals surface area contributed by atoms with E-state index in [4.69, 9.17) is 0 Å². The first kappa shape index (κ1) is 18.0. The standard InChI is InChI=1S/C30H42/c1-15-16(2)18-8-10-24-26-14-12-22-20-6-4-3-5-19(20)21-11-13-25(30(26)28(21)22)23-9-7-17(15)27(18)29(23)24/h17-30H,1-14H2. The summed E-state index contributed by atoms with van der Waals surface area (Å²) in [6, 6.07) is 0. The summed E-state index contributed by atoms with van der Waals surface area (Å²) in [5.74, 6) is 15.0. The van der Waals surface area contributed by atoms with Gasteiger partial charge in [-0.3, -0.25) is 0 Å². The SMILES string of the molecule is C=C1C(=C)C2CCC3C4CCC5C6CCCCC6C6CCC(C7CCC1C2C73)C4C65. The lowest BCUT2D eigenvalue weighted by atomic mass is 9.40. The highest BCUT2D eigenvalue weighted by Crippen LogP contribution is 2.73. The molecule has 0 radical (unpaired) electrons. The van der Waals surface area contributed by atoms with E-state index in [1.54, 1.807) is 64.2 Å². The molecule has 8 rings (SSSR count). The van der Waals surface area contributed by atoms with Crippen molar-refractivity contribution in [3.05, 3.63) is 24.3 Å². The van der Waals surface area contributed by atoms with Crippen molar-refractivity contribution in [1.29, 1.82) is 0 Å². The Balaban J connectivity index is 1.20. The zero-order valence-electron chi connectivity index (χ0n) is 19.0. The van der Waals surface area contributed by atoms with Gasteiger partial charge in [-0.15, -0.1) is 0 Å². The van der Waals surface area contributed by atoms with E-state index in [9.17, 15) is 0 Å². The van der Waals surface area contributed by atoms with Crippen LogP contribution in [0, 0.1) is 82.9 Å². The first-order valence-electron chi connectivity index (χ1n) is 14.1. The van der Waals surface area contributed by atoms with Crippen LogP contribution in [0.25, 0.3) is 0 Å². The van der Waals surface area contributed by atoms with E-state index in [-0.39, 0.29) is 0 Å². The smallest absolute Gasteiger partial charge is 0.0128 e. The second-order valence-electron chi connectivity index (χ2n) is 13.5. The second-order valence-corrected chi connectivity index (χ2v) is 13.5. The summed E-state index contributed by atoms with van der Waals surface area (Å²) < 4.78 is 0. The quantitative estimate of drug-likeness (QED) is 0.393. The molecule has 0 saturated heterocycles. The number of hydrogen-bond acceptors (Lipinski definition) is 0. The largest absolute Gasteiger partial charge is 0.0953 e. The molecule has 10 atom stereocenters. The molecule has 0 aliphatic heterocycles. The molecule has 0 aromatic carbocycles. The maximum absolute atomic E-state index is 4.59. The highest BCUT2D eigenvalue weighted by atomic mass is 14.7. The van der Waals surface area contributed by atoms with Gasteiger partial charge in [-0.2, -0.15) is 0 Å². The van der Waals surface area contributed by atoms with Gasteiger partial charge in [0.2, 0.25) is 0 Å². The van der Waals surface area contributed by atoms with Crippen molar-refractivity contribution in [2.45, 2.75) is 77.0 Å². The number of rotatable bonds is 0. The molecule has 8 aliphatic rings. The molecule has 0 bridgehead atoms. The molecule has 0 heteroatoms. The Bertz CT molecular complexity index is 728. The van der Waals surface area contributed by atoms with Crippen molar-refractivity contribution in [2.24, 2.45) is 82.9 Å². The Morgan fingerprint density at radius 1 is 0.367 bits per heavy atom. The highest BCUT2D eigenvalue weighted by molar-refractivity contribution is 5.39. The molecule has 0 nitrogen and oxygen atoms in total. The third-order valence-corrected chi connectivity index (χ3v) is 13.5. The molecular formula is C30H42. The van der Waals surface area contributed by atoms with Gasteiger partial charge in [0.1, 0.15) is 0 Å². The highest BCUT2D eigenvalue weighted by Gasteiger charge is 2.67. The molecule has 8 fully saturated rings. The monoisotopic (exact) mass is 402 g/mol. The van der Waals surface area contributed by atoms with E-state index < -0.39 is 0 Å². The summed E-state index contributed by atoms with van der Waals surface area (Å²) in [6.07, 6.45) is 18.8. The number of hydrogen-bond donors (Lipinski definition) is 0. The van der Waals surface area contributed by atoms with Gasteiger partial charge in [0.15, 0.2) is 0 Å². The van der Waals surface area contributed by atoms with Gasteiger partial charge in [0.05, 0.1) is 0 Å². The van der Waals surface area contributed by atoms with Crippen LogP contribution in [0.3, 0.4) is 0 Å². The van der Waals surface area contributed by atoms with E-state index in [1.807, 2.05) is 0 Å². The summed E-state index contributed by atoms with van der Waals surface area (Å²) in [5.41, 5.74) is 3.00. The second kappa shape index (κ2) is 6.08. The van der Waals surface area contributed by atoms with Crippen LogP contribution in [-0.2, 0) is 0 Å². The molecule has 0 spiro atoms. The van der Waals surface area contributed by atoms with Gasteiger partial charge in [-0.1, -0.05) is 26.0 Å². The summed E-state index contributed by atoms with van der Waals surface area (Å²) >= 11 is 0. The lowest BCUT2D eigenvalue weighted by molar-refractivity contribution is -0.166. The Hall–Kier alpha value is -0.520. The molecule has 0 amide bonds. The fraction of sp³-hybridized carbons (Fsp3) is 0.867. The molecular weight excluding hydrogens is 360 g/mol. The molecule has 162 valence electrons. The Labute approximate surface area is 184 Å². The van der Waals surface area contributed by atoms with Crippen LogP contribution in [0.4, 0.5) is 0 Å². The first-order chi connectivity index (χ1) is 14.7. The van der Waals surface area contributed by atoms with Crippen molar-refractivity contribution in [3.8, 4) is 0 Å². The maximum Gasteiger partial charge on any atom is -0.0128 e. The lowest BCUT2D eigenvalue weighted by Gasteiger charge is -2.65. The van der Waals surface area contributed by atoms with Crippen LogP contribution in [0.5, 0.6) is 0 Å². The molecule has 0 heterocycles. The Morgan fingerprint density at radius 3 is 1.13 bits per heavy atom.